The van der Waals surface area contributed by atoms with E-state index in [-0.39, 0.29) is 10.4 Å². The highest BCUT2D eigenvalue weighted by Crippen LogP contribution is 2.21. The highest BCUT2D eigenvalue weighted by atomic mass is 32.2. The highest BCUT2D eigenvalue weighted by molar-refractivity contribution is 8.34. The summed E-state index contributed by atoms with van der Waals surface area (Å²) in [4.78, 5) is 10.7. The first-order valence-corrected chi connectivity index (χ1v) is 8.45. The third-order valence-corrected chi connectivity index (χ3v) is 5.44. The Morgan fingerprint density at radius 3 is 2.24 bits per heavy atom. The summed E-state index contributed by atoms with van der Waals surface area (Å²) < 4.78 is 26.3. The van der Waals surface area contributed by atoms with Crippen molar-refractivity contribution in [1.82, 2.24) is 4.63 Å². The zero-order valence-corrected chi connectivity index (χ0v) is 11.8. The van der Waals surface area contributed by atoms with Gasteiger partial charge in [-0.25, -0.2) is 13.1 Å². The van der Waals surface area contributed by atoms with Crippen LogP contribution in [0.3, 0.4) is 0 Å². The number of nitrogens with one attached hydrogen (secondary N) is 1. The van der Waals surface area contributed by atoms with E-state index in [0.29, 0.717) is 0 Å². The van der Waals surface area contributed by atoms with E-state index in [0.717, 1.165) is 50.1 Å². The van der Waals surface area contributed by atoms with Crippen LogP contribution in [0.1, 0.15) is 51.9 Å². The van der Waals surface area contributed by atoms with Gasteiger partial charge in [-0.1, -0.05) is 32.1 Å². The zero-order chi connectivity index (χ0) is 12.7. The largest absolute Gasteiger partial charge is 0.311 e. The molecule has 0 saturated heterocycles. The van der Waals surface area contributed by atoms with Gasteiger partial charge in [0.15, 0.2) is 5.12 Å². The van der Waals surface area contributed by atoms with Crippen molar-refractivity contribution in [3.8, 4) is 0 Å². The molecule has 1 aliphatic carbocycles. The maximum Gasteiger partial charge on any atom is 0.311 e. The van der Waals surface area contributed by atoms with Gasteiger partial charge in [-0.05, 0) is 12.8 Å². The minimum Gasteiger partial charge on any atom is -0.289 e. The van der Waals surface area contributed by atoms with Gasteiger partial charge in [0.05, 0.1) is 5.25 Å². The normalized spacial score (nSPS) is 19.4. The Hall–Kier alpha value is -0.00506. The van der Waals surface area contributed by atoms with Crippen LogP contribution in [-0.4, -0.2) is 25.5 Å². The van der Waals surface area contributed by atoms with Crippen LogP contribution < -0.4 is 4.63 Å². The molecule has 97 valence electrons. The van der Waals surface area contributed by atoms with Crippen molar-refractivity contribution < 1.29 is 13.2 Å². The molecule has 0 bridgehead atoms. The number of rotatable bonds is 4. The molecule has 0 unspecified atom stereocenters. The third-order valence-electron chi connectivity index (χ3n) is 2.93. The molecule has 1 aliphatic rings. The van der Waals surface area contributed by atoms with Gasteiger partial charge in [0, 0.05) is 6.92 Å². The standard InChI is InChI=1S/C10H19BNO3S2/c1-9(13)16-11-12-17(14,15)10-7-5-3-2-4-6-8-10/h10,12H,2-8H2,1H3. The van der Waals surface area contributed by atoms with Crippen LogP contribution in [0.15, 0.2) is 0 Å². The minimum absolute atomic E-state index is 0.120. The van der Waals surface area contributed by atoms with Crippen LogP contribution >= 0.6 is 11.6 Å². The Morgan fingerprint density at radius 1 is 1.18 bits per heavy atom. The predicted octanol–water partition coefficient (Wildman–Crippen LogP) is 1.83. The van der Waals surface area contributed by atoms with E-state index in [9.17, 15) is 13.2 Å². The first-order chi connectivity index (χ1) is 8.02. The predicted molar refractivity (Wildman–Crippen MR) is 72.2 cm³/mol. The van der Waals surface area contributed by atoms with Gasteiger partial charge in [-0.15, -0.1) is 11.6 Å². The molecule has 0 heterocycles. The molecule has 1 fully saturated rings. The fourth-order valence-corrected chi connectivity index (χ4v) is 4.04. The lowest BCUT2D eigenvalue weighted by Gasteiger charge is -2.20. The summed E-state index contributed by atoms with van der Waals surface area (Å²) in [5.41, 5.74) is 0. The summed E-state index contributed by atoms with van der Waals surface area (Å²) in [5, 5.41) is -0.419. The molecule has 0 amide bonds. The van der Waals surface area contributed by atoms with E-state index in [4.69, 9.17) is 0 Å². The monoisotopic (exact) mass is 276 g/mol. The lowest BCUT2D eigenvalue weighted by molar-refractivity contribution is -0.109. The van der Waals surface area contributed by atoms with E-state index in [1.807, 2.05) is 0 Å². The molecule has 0 spiro atoms. The van der Waals surface area contributed by atoms with Gasteiger partial charge in [-0.2, -0.15) is 0 Å². The summed E-state index contributed by atoms with van der Waals surface area (Å²) in [7, 11) is -3.30. The Bertz CT molecular complexity index is 337. The maximum atomic E-state index is 12.0. The second-order valence-electron chi connectivity index (χ2n) is 4.36. The molecular weight excluding hydrogens is 257 g/mol. The number of sulfonamides is 1. The average molecular weight is 276 g/mol. The average Bonchev–Trinajstić information content (AvgIpc) is 2.14. The van der Waals surface area contributed by atoms with Gasteiger partial charge in [0.2, 0.25) is 10.0 Å². The molecule has 0 aromatic heterocycles. The summed E-state index contributed by atoms with van der Waals surface area (Å²) in [6.07, 6.45) is 6.88. The molecule has 7 heteroatoms. The molecule has 0 aromatic carbocycles. The Labute approximate surface area is 109 Å². The first kappa shape index (κ1) is 15.1. The Kier molecular flexibility index (Phi) is 6.58. The van der Waals surface area contributed by atoms with E-state index < -0.39 is 10.0 Å². The smallest absolute Gasteiger partial charge is 0.289 e. The molecule has 1 saturated carbocycles. The number of carbonyl (C=O) groups is 1. The molecule has 0 aliphatic heterocycles. The van der Waals surface area contributed by atoms with E-state index in [1.165, 1.54) is 20.0 Å². The minimum atomic E-state index is -3.30. The summed E-state index contributed by atoms with van der Waals surface area (Å²) in [6, 6.07) is 0. The van der Waals surface area contributed by atoms with Crippen molar-refractivity contribution in [2.75, 3.05) is 0 Å². The second-order valence-corrected chi connectivity index (χ2v) is 7.40. The van der Waals surface area contributed by atoms with Crippen LogP contribution in [0.4, 0.5) is 0 Å². The molecule has 1 N–H and O–H groups in total. The molecular formula is C10H19BNO3S2. The van der Waals surface area contributed by atoms with Crippen molar-refractivity contribution in [3.05, 3.63) is 0 Å². The van der Waals surface area contributed by atoms with Crippen LogP contribution in [0, 0.1) is 0 Å². The van der Waals surface area contributed by atoms with Crippen molar-refractivity contribution in [2.24, 2.45) is 0 Å². The summed E-state index contributed by atoms with van der Waals surface area (Å²) >= 11 is 0.877. The fourth-order valence-electron chi connectivity index (χ4n) is 2.00. The third kappa shape index (κ3) is 5.92. The van der Waals surface area contributed by atoms with E-state index in [1.54, 1.807) is 0 Å². The lowest BCUT2D eigenvalue weighted by Crippen LogP contribution is -2.36. The zero-order valence-electron chi connectivity index (χ0n) is 10.1. The van der Waals surface area contributed by atoms with Crippen LogP contribution in [0.5, 0.6) is 0 Å². The van der Waals surface area contributed by atoms with Crippen LogP contribution in [0.2, 0.25) is 0 Å². The fraction of sp³-hybridized carbons (Fsp3) is 0.900. The van der Waals surface area contributed by atoms with Crippen LogP contribution in [-0.2, 0) is 14.8 Å². The van der Waals surface area contributed by atoms with Crippen molar-refractivity contribution in [1.29, 1.82) is 0 Å². The van der Waals surface area contributed by atoms with E-state index >= 15 is 0 Å². The van der Waals surface area contributed by atoms with E-state index in [2.05, 4.69) is 4.63 Å². The van der Waals surface area contributed by atoms with Crippen molar-refractivity contribution in [2.45, 2.75) is 57.1 Å². The number of hydrogen-bond donors (Lipinski definition) is 1. The Balaban J connectivity index is 2.45. The van der Waals surface area contributed by atoms with Gasteiger partial charge in [0.1, 0.15) is 0 Å². The van der Waals surface area contributed by atoms with Gasteiger partial charge < -0.3 is 0 Å². The SMILES string of the molecule is CC(=O)S[B]NS(=O)(=O)C1CCCCCCC1. The van der Waals surface area contributed by atoms with Crippen LogP contribution in [0.25, 0.3) is 0 Å². The molecule has 0 aromatic rings. The highest BCUT2D eigenvalue weighted by Gasteiger charge is 2.25. The number of carbonyl (C=O) groups excluding carboxylic acids is 1. The van der Waals surface area contributed by atoms with Gasteiger partial charge >= 0.3 is 6.69 Å². The quantitative estimate of drug-likeness (QED) is 0.796. The molecule has 1 radical (unpaired) electrons. The topological polar surface area (TPSA) is 63.2 Å². The molecule has 1 rings (SSSR count). The molecule has 4 nitrogen and oxygen atoms in total. The Morgan fingerprint density at radius 2 is 1.71 bits per heavy atom. The van der Waals surface area contributed by atoms with Crippen molar-refractivity contribution in [3.63, 3.8) is 0 Å². The summed E-state index contributed by atoms with van der Waals surface area (Å²) in [6.45, 7) is 2.68. The van der Waals surface area contributed by atoms with Gasteiger partial charge in [-0.3, -0.25) is 4.79 Å². The number of hydrogen-bond acceptors (Lipinski definition) is 4. The molecule has 17 heavy (non-hydrogen) atoms. The van der Waals surface area contributed by atoms with Gasteiger partial charge in [0.25, 0.3) is 0 Å². The maximum absolute atomic E-state index is 12.0. The van der Waals surface area contributed by atoms with Crippen molar-refractivity contribution >= 4 is 33.4 Å². The summed E-state index contributed by atoms with van der Waals surface area (Å²) in [5.74, 6) is 0. The lowest BCUT2D eigenvalue weighted by atomic mass is 10.0. The first-order valence-electron chi connectivity index (χ1n) is 6.02. The second kappa shape index (κ2) is 7.43. The molecule has 0 atom stereocenters.